The Morgan fingerprint density at radius 3 is 1.96 bits per heavy atom. The summed E-state index contributed by atoms with van der Waals surface area (Å²) in [6.45, 7) is 3.00. The third kappa shape index (κ3) is 5.98. The van der Waals surface area contributed by atoms with Gasteiger partial charge in [0, 0.05) is 23.3 Å². The van der Waals surface area contributed by atoms with Crippen molar-refractivity contribution in [2.45, 2.75) is 39.0 Å². The first kappa shape index (κ1) is 20.8. The highest BCUT2D eigenvalue weighted by molar-refractivity contribution is 6.31. The molecule has 0 radical (unpaired) electrons. The van der Waals surface area contributed by atoms with Gasteiger partial charge in [-0.05, 0) is 30.0 Å². The van der Waals surface area contributed by atoms with E-state index in [4.69, 9.17) is 26.9 Å². The number of aryl methyl sites for hydroxylation is 1. The van der Waals surface area contributed by atoms with Gasteiger partial charge in [0.05, 0.1) is 26.2 Å². The van der Waals surface area contributed by atoms with Crippen molar-refractivity contribution >= 4 is 23.2 Å². The van der Waals surface area contributed by atoms with E-state index in [1.165, 1.54) is 0 Å². The van der Waals surface area contributed by atoms with Crippen LogP contribution in [0, 0.1) is 12.3 Å². The second kappa shape index (κ2) is 9.28. The van der Waals surface area contributed by atoms with Crippen LogP contribution in [0.5, 0.6) is 0 Å². The number of carbonyl (C=O) groups is 2. The molecule has 5 nitrogen and oxygen atoms in total. The van der Waals surface area contributed by atoms with Crippen LogP contribution >= 0.6 is 11.6 Å². The van der Waals surface area contributed by atoms with Gasteiger partial charge in [0.25, 0.3) is 0 Å². The standard InChI is InChI=1S/C13H13ClO2.C5H12O3/c1-8-2-3-9(6-13(8)14)10-4-11(15)7-12(16)5-10;1-5(2-6,3-7)4-8/h2-3,6,10H,4-5,7H2,1H3;6-8H,2-4H2,1H3. The highest BCUT2D eigenvalue weighted by Crippen LogP contribution is 2.31. The van der Waals surface area contributed by atoms with E-state index in [1.807, 2.05) is 25.1 Å². The fourth-order valence-corrected chi connectivity index (χ4v) is 2.42. The van der Waals surface area contributed by atoms with E-state index in [1.54, 1.807) is 6.92 Å². The van der Waals surface area contributed by atoms with Crippen LogP contribution in [0.1, 0.15) is 43.2 Å². The largest absolute Gasteiger partial charge is 0.396 e. The minimum absolute atomic E-state index is 0.0202. The number of halogens is 1. The van der Waals surface area contributed by atoms with Crippen LogP contribution in [0.25, 0.3) is 0 Å². The van der Waals surface area contributed by atoms with Gasteiger partial charge in [-0.15, -0.1) is 0 Å². The molecule has 0 aromatic heterocycles. The van der Waals surface area contributed by atoms with Crippen LogP contribution in [0.2, 0.25) is 5.02 Å². The third-order valence-corrected chi connectivity index (χ3v) is 4.56. The average Bonchev–Trinajstić information content (AvgIpc) is 2.56. The maximum Gasteiger partial charge on any atom is 0.140 e. The molecule has 1 saturated carbocycles. The summed E-state index contributed by atoms with van der Waals surface area (Å²) in [5.41, 5.74) is 1.30. The molecule has 0 bridgehead atoms. The van der Waals surface area contributed by atoms with Crippen molar-refractivity contribution in [3.8, 4) is 0 Å². The lowest BCUT2D eigenvalue weighted by molar-refractivity contribution is -0.130. The molecule has 1 aliphatic rings. The molecule has 0 atom stereocenters. The third-order valence-electron chi connectivity index (χ3n) is 4.15. The zero-order valence-electron chi connectivity index (χ0n) is 14.1. The van der Waals surface area contributed by atoms with Gasteiger partial charge in [0.1, 0.15) is 11.6 Å². The van der Waals surface area contributed by atoms with Gasteiger partial charge in [-0.2, -0.15) is 0 Å². The number of hydrogen-bond acceptors (Lipinski definition) is 5. The van der Waals surface area contributed by atoms with E-state index in [0.29, 0.717) is 17.9 Å². The highest BCUT2D eigenvalue weighted by atomic mass is 35.5. The van der Waals surface area contributed by atoms with Gasteiger partial charge in [-0.1, -0.05) is 30.7 Å². The molecule has 2 rings (SSSR count). The Morgan fingerprint density at radius 2 is 1.58 bits per heavy atom. The fourth-order valence-electron chi connectivity index (χ4n) is 2.23. The van der Waals surface area contributed by atoms with Crippen LogP contribution in [-0.4, -0.2) is 46.7 Å². The van der Waals surface area contributed by atoms with E-state index >= 15 is 0 Å². The van der Waals surface area contributed by atoms with Crippen LogP contribution in [0.15, 0.2) is 18.2 Å². The second-order valence-electron chi connectivity index (χ2n) is 6.65. The molecule has 1 fully saturated rings. The SMILES string of the molecule is CC(CO)(CO)CO.Cc1ccc(C2CC(=O)CC(=O)C2)cc1Cl. The molecular formula is C18H25ClO5. The van der Waals surface area contributed by atoms with Crippen molar-refractivity contribution in [2.24, 2.45) is 5.41 Å². The van der Waals surface area contributed by atoms with E-state index < -0.39 is 5.41 Å². The topological polar surface area (TPSA) is 94.8 Å². The smallest absolute Gasteiger partial charge is 0.140 e. The fraction of sp³-hybridized carbons (Fsp3) is 0.556. The molecule has 0 aliphatic heterocycles. The predicted octanol–water partition coefficient (Wildman–Crippen LogP) is 2.02. The lowest BCUT2D eigenvalue weighted by atomic mass is 9.82. The molecule has 134 valence electrons. The lowest BCUT2D eigenvalue weighted by Crippen LogP contribution is -2.29. The van der Waals surface area contributed by atoms with Gasteiger partial charge in [-0.3, -0.25) is 9.59 Å². The van der Waals surface area contributed by atoms with Gasteiger partial charge < -0.3 is 15.3 Å². The van der Waals surface area contributed by atoms with Crippen LogP contribution in [-0.2, 0) is 9.59 Å². The van der Waals surface area contributed by atoms with Crippen molar-refractivity contribution in [1.82, 2.24) is 0 Å². The summed E-state index contributed by atoms with van der Waals surface area (Å²) in [6, 6.07) is 5.76. The Kier molecular flexibility index (Phi) is 8.03. The molecule has 1 aliphatic carbocycles. The molecule has 24 heavy (non-hydrogen) atoms. The van der Waals surface area contributed by atoms with Crippen LogP contribution in [0.3, 0.4) is 0 Å². The first-order chi connectivity index (χ1) is 11.2. The predicted molar refractivity (Wildman–Crippen MR) is 92.2 cm³/mol. The normalized spacial score (nSPS) is 15.9. The maximum absolute atomic E-state index is 11.4. The van der Waals surface area contributed by atoms with Crippen molar-refractivity contribution in [2.75, 3.05) is 19.8 Å². The van der Waals surface area contributed by atoms with Crippen molar-refractivity contribution in [1.29, 1.82) is 0 Å². The summed E-state index contributed by atoms with van der Waals surface area (Å²) in [4.78, 5) is 22.7. The number of ketones is 2. The summed E-state index contributed by atoms with van der Waals surface area (Å²) in [5, 5.41) is 26.1. The average molecular weight is 357 g/mol. The molecule has 0 amide bonds. The summed E-state index contributed by atoms with van der Waals surface area (Å²) < 4.78 is 0. The van der Waals surface area contributed by atoms with Gasteiger partial charge in [-0.25, -0.2) is 0 Å². The minimum Gasteiger partial charge on any atom is -0.396 e. The minimum atomic E-state index is -0.708. The number of benzene rings is 1. The second-order valence-corrected chi connectivity index (χ2v) is 7.06. The molecule has 0 saturated heterocycles. The molecule has 1 aromatic carbocycles. The zero-order valence-corrected chi connectivity index (χ0v) is 14.8. The quantitative estimate of drug-likeness (QED) is 0.717. The monoisotopic (exact) mass is 356 g/mol. The Morgan fingerprint density at radius 1 is 1.08 bits per heavy atom. The summed E-state index contributed by atoms with van der Waals surface area (Å²) in [5.74, 6) is 0.0998. The number of rotatable bonds is 4. The maximum atomic E-state index is 11.4. The van der Waals surface area contributed by atoms with Gasteiger partial charge in [0.15, 0.2) is 0 Å². The van der Waals surface area contributed by atoms with Gasteiger partial charge >= 0.3 is 0 Å². The molecule has 0 spiro atoms. The van der Waals surface area contributed by atoms with Crippen molar-refractivity contribution in [3.63, 3.8) is 0 Å². The van der Waals surface area contributed by atoms with Gasteiger partial charge in [0.2, 0.25) is 0 Å². The first-order valence-corrected chi connectivity index (χ1v) is 8.24. The number of aliphatic hydroxyl groups is 3. The van der Waals surface area contributed by atoms with Crippen LogP contribution in [0.4, 0.5) is 0 Å². The first-order valence-electron chi connectivity index (χ1n) is 7.86. The Balaban J connectivity index is 0.000000307. The molecule has 6 heteroatoms. The summed E-state index contributed by atoms with van der Waals surface area (Å²) in [7, 11) is 0. The molecular weight excluding hydrogens is 332 g/mol. The van der Waals surface area contributed by atoms with Crippen LogP contribution < -0.4 is 0 Å². The van der Waals surface area contributed by atoms with E-state index in [-0.39, 0.29) is 43.7 Å². The lowest BCUT2D eigenvalue weighted by Gasteiger charge is -2.20. The number of hydrogen-bond donors (Lipinski definition) is 3. The molecule has 0 unspecified atom stereocenters. The molecule has 1 aromatic rings. The Labute approximate surface area is 147 Å². The summed E-state index contributed by atoms with van der Waals surface area (Å²) >= 11 is 6.04. The van der Waals surface area contributed by atoms with Crippen molar-refractivity contribution < 1.29 is 24.9 Å². The Bertz CT molecular complexity index is 557. The highest BCUT2D eigenvalue weighted by Gasteiger charge is 2.26. The number of Topliss-reactive ketones (excluding diaryl/α,β-unsaturated/α-hetero) is 2. The zero-order chi connectivity index (χ0) is 18.3. The van der Waals surface area contributed by atoms with E-state index in [2.05, 4.69) is 0 Å². The summed E-state index contributed by atoms with van der Waals surface area (Å²) in [6.07, 6.45) is 1.03. The number of carbonyl (C=O) groups excluding carboxylic acids is 2. The van der Waals surface area contributed by atoms with E-state index in [9.17, 15) is 9.59 Å². The molecule has 3 N–H and O–H groups in total. The van der Waals surface area contributed by atoms with E-state index in [0.717, 1.165) is 11.1 Å². The number of aliphatic hydroxyl groups excluding tert-OH is 3. The molecule has 0 heterocycles. The Hall–Kier alpha value is -1.27. The van der Waals surface area contributed by atoms with Crippen molar-refractivity contribution in [3.05, 3.63) is 34.3 Å².